The van der Waals surface area contributed by atoms with Crippen molar-refractivity contribution in [2.45, 2.75) is 12.8 Å². The number of hydrogen-bond acceptors (Lipinski definition) is 1. The predicted octanol–water partition coefficient (Wildman–Crippen LogP) is 3.71. The maximum atomic E-state index is 6.10. The molecular weight excluding hydrogens is 218 g/mol. The molecular formula is C14H14ClN. The van der Waals surface area contributed by atoms with Crippen LogP contribution in [-0.4, -0.2) is 0 Å². The van der Waals surface area contributed by atoms with Gasteiger partial charge < -0.3 is 5.73 Å². The predicted molar refractivity (Wildman–Crippen MR) is 69.7 cm³/mol. The van der Waals surface area contributed by atoms with Gasteiger partial charge in [0.25, 0.3) is 0 Å². The van der Waals surface area contributed by atoms with Crippen molar-refractivity contribution in [2.75, 3.05) is 5.73 Å². The van der Waals surface area contributed by atoms with Gasteiger partial charge in [0.05, 0.1) is 0 Å². The molecule has 0 bridgehead atoms. The molecule has 0 fully saturated rings. The minimum Gasteiger partial charge on any atom is -0.399 e. The summed E-state index contributed by atoms with van der Waals surface area (Å²) < 4.78 is 0. The number of anilines is 1. The first kappa shape index (κ1) is 11.0. The summed E-state index contributed by atoms with van der Waals surface area (Å²) in [5, 5.41) is 0.845. The van der Waals surface area contributed by atoms with Crippen LogP contribution >= 0.6 is 11.6 Å². The monoisotopic (exact) mass is 231 g/mol. The highest BCUT2D eigenvalue weighted by molar-refractivity contribution is 6.31. The summed E-state index contributed by atoms with van der Waals surface area (Å²) in [6.07, 6.45) is 1.95. The van der Waals surface area contributed by atoms with Gasteiger partial charge in [0.2, 0.25) is 0 Å². The lowest BCUT2D eigenvalue weighted by Gasteiger charge is -2.04. The van der Waals surface area contributed by atoms with Crippen LogP contribution in [0.3, 0.4) is 0 Å². The van der Waals surface area contributed by atoms with Crippen molar-refractivity contribution in [1.82, 2.24) is 0 Å². The number of rotatable bonds is 3. The van der Waals surface area contributed by atoms with E-state index in [0.29, 0.717) is 0 Å². The third-order valence-corrected chi connectivity index (χ3v) is 2.99. The van der Waals surface area contributed by atoms with Crippen LogP contribution in [0.25, 0.3) is 0 Å². The molecule has 2 aromatic carbocycles. The van der Waals surface area contributed by atoms with Crippen LogP contribution in [0, 0.1) is 0 Å². The molecule has 0 aliphatic heterocycles. The molecule has 0 spiro atoms. The van der Waals surface area contributed by atoms with Gasteiger partial charge in [-0.3, -0.25) is 0 Å². The summed E-state index contributed by atoms with van der Waals surface area (Å²) in [5.41, 5.74) is 8.93. The van der Waals surface area contributed by atoms with E-state index >= 15 is 0 Å². The van der Waals surface area contributed by atoms with Crippen molar-refractivity contribution in [3.63, 3.8) is 0 Å². The zero-order valence-corrected chi connectivity index (χ0v) is 9.74. The molecule has 0 aliphatic carbocycles. The Morgan fingerprint density at radius 1 is 0.875 bits per heavy atom. The van der Waals surface area contributed by atoms with Gasteiger partial charge in [-0.2, -0.15) is 0 Å². The molecule has 0 saturated carbocycles. The molecule has 0 atom stereocenters. The largest absolute Gasteiger partial charge is 0.399 e. The van der Waals surface area contributed by atoms with E-state index in [9.17, 15) is 0 Å². The van der Waals surface area contributed by atoms with E-state index in [0.717, 1.165) is 23.6 Å². The number of aryl methyl sites for hydroxylation is 2. The van der Waals surface area contributed by atoms with Crippen LogP contribution in [0.5, 0.6) is 0 Å². The lowest BCUT2D eigenvalue weighted by molar-refractivity contribution is 0.961. The van der Waals surface area contributed by atoms with Gasteiger partial charge in [-0.1, -0.05) is 41.9 Å². The fourth-order valence-electron chi connectivity index (χ4n) is 1.66. The zero-order chi connectivity index (χ0) is 11.4. The minimum atomic E-state index is 0.807. The zero-order valence-electron chi connectivity index (χ0n) is 8.99. The molecule has 2 aromatic rings. The molecule has 16 heavy (non-hydrogen) atoms. The van der Waals surface area contributed by atoms with Crippen LogP contribution in [-0.2, 0) is 12.8 Å². The standard InChI is InChI=1S/C14H14ClN/c15-14-4-2-1-3-12(14)8-5-11-6-9-13(16)10-7-11/h1-4,6-7,9-10H,5,8,16H2. The fraction of sp³-hybridized carbons (Fsp3) is 0.143. The Morgan fingerprint density at radius 3 is 2.25 bits per heavy atom. The highest BCUT2D eigenvalue weighted by atomic mass is 35.5. The Hall–Kier alpha value is -1.47. The maximum Gasteiger partial charge on any atom is 0.0438 e. The van der Waals surface area contributed by atoms with E-state index in [4.69, 9.17) is 17.3 Å². The average molecular weight is 232 g/mol. The molecule has 0 amide bonds. The van der Waals surface area contributed by atoms with Crippen molar-refractivity contribution in [2.24, 2.45) is 0 Å². The molecule has 0 heterocycles. The summed E-state index contributed by atoms with van der Waals surface area (Å²) >= 11 is 6.10. The first-order valence-electron chi connectivity index (χ1n) is 5.33. The van der Waals surface area contributed by atoms with Crippen LogP contribution in [0.2, 0.25) is 5.02 Å². The van der Waals surface area contributed by atoms with Crippen molar-refractivity contribution >= 4 is 17.3 Å². The van der Waals surface area contributed by atoms with Gasteiger partial charge in [-0.15, -0.1) is 0 Å². The highest BCUT2D eigenvalue weighted by Gasteiger charge is 1.99. The molecule has 1 nitrogen and oxygen atoms in total. The van der Waals surface area contributed by atoms with Gasteiger partial charge in [0.15, 0.2) is 0 Å². The summed E-state index contributed by atoms with van der Waals surface area (Å²) in [5.74, 6) is 0. The highest BCUT2D eigenvalue weighted by Crippen LogP contribution is 2.17. The summed E-state index contributed by atoms with van der Waals surface area (Å²) in [6, 6.07) is 16.0. The third-order valence-electron chi connectivity index (χ3n) is 2.62. The lowest BCUT2D eigenvalue weighted by Crippen LogP contribution is -1.92. The first-order valence-corrected chi connectivity index (χ1v) is 5.71. The molecule has 0 aromatic heterocycles. The van der Waals surface area contributed by atoms with Crippen LogP contribution in [0.1, 0.15) is 11.1 Å². The van der Waals surface area contributed by atoms with Gasteiger partial charge in [0.1, 0.15) is 0 Å². The normalized spacial score (nSPS) is 10.3. The van der Waals surface area contributed by atoms with Crippen molar-refractivity contribution in [3.05, 3.63) is 64.7 Å². The Labute approximate surface area is 101 Å². The van der Waals surface area contributed by atoms with Crippen LogP contribution < -0.4 is 5.73 Å². The van der Waals surface area contributed by atoms with E-state index in [1.54, 1.807) is 0 Å². The number of nitrogens with two attached hydrogens (primary N) is 1. The van der Waals surface area contributed by atoms with Crippen molar-refractivity contribution in [1.29, 1.82) is 0 Å². The Kier molecular flexibility index (Phi) is 3.47. The molecule has 0 radical (unpaired) electrons. The van der Waals surface area contributed by atoms with Crippen molar-refractivity contribution in [3.8, 4) is 0 Å². The maximum absolute atomic E-state index is 6.10. The number of nitrogen functional groups attached to an aromatic ring is 1. The van der Waals surface area contributed by atoms with Gasteiger partial charge >= 0.3 is 0 Å². The van der Waals surface area contributed by atoms with E-state index in [2.05, 4.69) is 18.2 Å². The van der Waals surface area contributed by atoms with Crippen molar-refractivity contribution < 1.29 is 0 Å². The second kappa shape index (κ2) is 5.04. The van der Waals surface area contributed by atoms with E-state index in [-0.39, 0.29) is 0 Å². The van der Waals surface area contributed by atoms with E-state index < -0.39 is 0 Å². The minimum absolute atomic E-state index is 0.807. The lowest BCUT2D eigenvalue weighted by atomic mass is 10.0. The summed E-state index contributed by atoms with van der Waals surface area (Å²) in [6.45, 7) is 0. The van der Waals surface area contributed by atoms with Gasteiger partial charge in [-0.05, 0) is 42.2 Å². The number of hydrogen-bond donors (Lipinski definition) is 1. The molecule has 0 unspecified atom stereocenters. The van der Waals surface area contributed by atoms with Gasteiger partial charge in [0, 0.05) is 10.7 Å². The molecule has 0 aliphatic rings. The fourth-order valence-corrected chi connectivity index (χ4v) is 1.89. The Bertz CT molecular complexity index is 462. The summed E-state index contributed by atoms with van der Waals surface area (Å²) in [7, 11) is 0. The average Bonchev–Trinajstić information content (AvgIpc) is 2.30. The topological polar surface area (TPSA) is 26.0 Å². The van der Waals surface area contributed by atoms with Crippen LogP contribution in [0.4, 0.5) is 5.69 Å². The number of benzene rings is 2. The summed E-state index contributed by atoms with van der Waals surface area (Å²) in [4.78, 5) is 0. The number of halogens is 1. The first-order chi connectivity index (χ1) is 7.75. The van der Waals surface area contributed by atoms with Crippen LogP contribution in [0.15, 0.2) is 48.5 Å². The Morgan fingerprint density at radius 2 is 1.56 bits per heavy atom. The quantitative estimate of drug-likeness (QED) is 0.801. The SMILES string of the molecule is Nc1ccc(CCc2ccccc2Cl)cc1. The molecule has 2 N–H and O–H groups in total. The second-order valence-corrected chi connectivity index (χ2v) is 4.24. The molecule has 0 saturated heterocycles. The van der Waals surface area contributed by atoms with E-state index in [1.807, 2.05) is 30.3 Å². The molecule has 2 heteroatoms. The Balaban J connectivity index is 2.02. The second-order valence-electron chi connectivity index (χ2n) is 3.83. The molecule has 82 valence electrons. The third kappa shape index (κ3) is 2.77. The smallest absolute Gasteiger partial charge is 0.0438 e. The molecule has 2 rings (SSSR count). The van der Waals surface area contributed by atoms with Gasteiger partial charge in [-0.25, -0.2) is 0 Å². The van der Waals surface area contributed by atoms with E-state index in [1.165, 1.54) is 11.1 Å².